The SMILES string of the molecule is CC1(C)OB(c2cccc(-c3ccccc3-c3ccccc3)c2-c2ccccc2)OC1(C)C. The Morgan fingerprint density at radius 1 is 0.485 bits per heavy atom. The second kappa shape index (κ2) is 8.33. The lowest BCUT2D eigenvalue weighted by atomic mass is 9.72. The molecule has 0 N–H and O–H groups in total. The molecule has 2 nitrogen and oxygen atoms in total. The molecule has 0 aromatic heterocycles. The van der Waals surface area contributed by atoms with Crippen molar-refractivity contribution in [3.05, 3.63) is 103 Å². The van der Waals surface area contributed by atoms with Gasteiger partial charge in [0.2, 0.25) is 0 Å². The van der Waals surface area contributed by atoms with Crippen LogP contribution in [0.4, 0.5) is 0 Å². The molecule has 0 aliphatic carbocycles. The molecule has 0 amide bonds. The van der Waals surface area contributed by atoms with Gasteiger partial charge < -0.3 is 9.31 Å². The van der Waals surface area contributed by atoms with E-state index in [1.165, 1.54) is 22.3 Å². The van der Waals surface area contributed by atoms with Crippen LogP contribution in [0, 0.1) is 0 Å². The predicted octanol–water partition coefficient (Wildman–Crippen LogP) is 6.99. The molecule has 3 heteroatoms. The Bertz CT molecular complexity index is 1250. The molecule has 0 unspecified atom stereocenters. The molecule has 33 heavy (non-hydrogen) atoms. The zero-order valence-electron chi connectivity index (χ0n) is 19.7. The fourth-order valence-electron chi connectivity index (χ4n) is 4.48. The van der Waals surface area contributed by atoms with Crippen LogP contribution in [0.5, 0.6) is 0 Å². The Balaban J connectivity index is 1.74. The first-order valence-corrected chi connectivity index (χ1v) is 11.6. The minimum Gasteiger partial charge on any atom is -0.399 e. The zero-order valence-corrected chi connectivity index (χ0v) is 19.7. The average molecular weight is 432 g/mol. The maximum absolute atomic E-state index is 6.50. The number of benzene rings is 4. The lowest BCUT2D eigenvalue weighted by Gasteiger charge is -2.32. The highest BCUT2D eigenvalue weighted by Crippen LogP contribution is 2.40. The molecule has 0 saturated carbocycles. The fourth-order valence-corrected chi connectivity index (χ4v) is 4.48. The molecule has 1 saturated heterocycles. The van der Waals surface area contributed by atoms with E-state index in [9.17, 15) is 0 Å². The predicted molar refractivity (Wildman–Crippen MR) is 138 cm³/mol. The van der Waals surface area contributed by atoms with Gasteiger partial charge in [-0.15, -0.1) is 0 Å². The van der Waals surface area contributed by atoms with Crippen molar-refractivity contribution in [1.82, 2.24) is 0 Å². The smallest absolute Gasteiger partial charge is 0.399 e. The van der Waals surface area contributed by atoms with Crippen LogP contribution in [0.3, 0.4) is 0 Å². The van der Waals surface area contributed by atoms with E-state index < -0.39 is 18.3 Å². The first-order valence-electron chi connectivity index (χ1n) is 11.6. The number of rotatable bonds is 4. The lowest BCUT2D eigenvalue weighted by molar-refractivity contribution is 0.00578. The summed E-state index contributed by atoms with van der Waals surface area (Å²) in [5.41, 5.74) is 7.34. The molecule has 0 atom stereocenters. The molecule has 1 aliphatic rings. The molecule has 5 rings (SSSR count). The molecule has 1 fully saturated rings. The monoisotopic (exact) mass is 432 g/mol. The number of hydrogen-bond acceptors (Lipinski definition) is 2. The molecule has 1 heterocycles. The summed E-state index contributed by atoms with van der Waals surface area (Å²) >= 11 is 0. The van der Waals surface area contributed by atoms with Crippen LogP contribution in [0.25, 0.3) is 33.4 Å². The van der Waals surface area contributed by atoms with Gasteiger partial charge in [0.05, 0.1) is 11.2 Å². The quantitative estimate of drug-likeness (QED) is 0.324. The summed E-state index contributed by atoms with van der Waals surface area (Å²) in [6.07, 6.45) is 0. The Morgan fingerprint density at radius 3 is 1.58 bits per heavy atom. The maximum atomic E-state index is 6.50. The first-order chi connectivity index (χ1) is 15.9. The summed E-state index contributed by atoms with van der Waals surface area (Å²) in [4.78, 5) is 0. The molecule has 4 aromatic rings. The molecule has 0 radical (unpaired) electrons. The van der Waals surface area contributed by atoms with Gasteiger partial charge in [0, 0.05) is 0 Å². The van der Waals surface area contributed by atoms with Crippen LogP contribution in [0.2, 0.25) is 0 Å². The van der Waals surface area contributed by atoms with E-state index in [-0.39, 0.29) is 0 Å². The highest BCUT2D eigenvalue weighted by atomic mass is 16.7. The van der Waals surface area contributed by atoms with Crippen LogP contribution in [0.15, 0.2) is 103 Å². The van der Waals surface area contributed by atoms with Crippen molar-refractivity contribution in [2.24, 2.45) is 0 Å². The molecular formula is C30H29BO2. The van der Waals surface area contributed by atoms with Crippen LogP contribution >= 0.6 is 0 Å². The largest absolute Gasteiger partial charge is 0.495 e. The standard InChI is InChI=1S/C30H29BO2/c1-29(2)30(3,4)33-31(32-29)27-21-13-20-26(28(27)23-16-9-6-10-17-23)25-19-12-11-18-24(25)22-14-7-5-8-15-22/h5-21H,1-4H3. The number of hydrogen-bond donors (Lipinski definition) is 0. The van der Waals surface area contributed by atoms with E-state index in [2.05, 4.69) is 131 Å². The summed E-state index contributed by atoms with van der Waals surface area (Å²) < 4.78 is 13.0. The van der Waals surface area contributed by atoms with Gasteiger partial charge in [-0.2, -0.15) is 0 Å². The first kappa shape index (κ1) is 21.7. The van der Waals surface area contributed by atoms with Gasteiger partial charge >= 0.3 is 7.12 Å². The summed E-state index contributed by atoms with van der Waals surface area (Å²) in [5, 5.41) is 0. The van der Waals surface area contributed by atoms with Crippen LogP contribution in [-0.4, -0.2) is 18.3 Å². The fraction of sp³-hybridized carbons (Fsp3) is 0.200. The third-order valence-electron chi connectivity index (χ3n) is 6.97. The third kappa shape index (κ3) is 3.92. The van der Waals surface area contributed by atoms with Crippen molar-refractivity contribution in [3.8, 4) is 33.4 Å². The Labute approximate surface area is 197 Å². The zero-order chi connectivity index (χ0) is 23.1. The van der Waals surface area contributed by atoms with Crippen molar-refractivity contribution in [3.63, 3.8) is 0 Å². The Morgan fingerprint density at radius 2 is 0.970 bits per heavy atom. The van der Waals surface area contributed by atoms with Gasteiger partial charge in [-0.25, -0.2) is 0 Å². The topological polar surface area (TPSA) is 18.5 Å². The summed E-state index contributed by atoms with van der Waals surface area (Å²) in [5.74, 6) is 0. The van der Waals surface area contributed by atoms with E-state index in [0.29, 0.717) is 0 Å². The van der Waals surface area contributed by atoms with Gasteiger partial charge in [0.15, 0.2) is 0 Å². The Kier molecular flexibility index (Phi) is 5.48. The lowest BCUT2D eigenvalue weighted by Crippen LogP contribution is -2.41. The van der Waals surface area contributed by atoms with E-state index in [1.807, 2.05) is 0 Å². The normalized spacial score (nSPS) is 16.7. The van der Waals surface area contributed by atoms with Gasteiger partial charge in [-0.3, -0.25) is 0 Å². The molecule has 1 aliphatic heterocycles. The van der Waals surface area contributed by atoms with Crippen molar-refractivity contribution in [2.45, 2.75) is 38.9 Å². The van der Waals surface area contributed by atoms with E-state index in [0.717, 1.165) is 16.6 Å². The molecule has 0 spiro atoms. The van der Waals surface area contributed by atoms with E-state index in [1.54, 1.807) is 0 Å². The van der Waals surface area contributed by atoms with Crippen LogP contribution in [0.1, 0.15) is 27.7 Å². The van der Waals surface area contributed by atoms with Crippen LogP contribution in [-0.2, 0) is 9.31 Å². The third-order valence-corrected chi connectivity index (χ3v) is 6.97. The second-order valence-corrected chi connectivity index (χ2v) is 9.64. The summed E-state index contributed by atoms with van der Waals surface area (Å²) in [7, 11) is -0.436. The average Bonchev–Trinajstić information content (AvgIpc) is 3.06. The van der Waals surface area contributed by atoms with Gasteiger partial charge in [0.25, 0.3) is 0 Å². The van der Waals surface area contributed by atoms with Gasteiger partial charge in [-0.05, 0) is 66.5 Å². The maximum Gasteiger partial charge on any atom is 0.495 e. The highest BCUT2D eigenvalue weighted by molar-refractivity contribution is 6.64. The van der Waals surface area contributed by atoms with Gasteiger partial charge in [0.1, 0.15) is 0 Å². The summed E-state index contributed by atoms with van der Waals surface area (Å²) in [6, 6.07) is 36.2. The highest BCUT2D eigenvalue weighted by Gasteiger charge is 2.52. The molecule has 0 bridgehead atoms. The Hall–Kier alpha value is -3.14. The van der Waals surface area contributed by atoms with Crippen LogP contribution < -0.4 is 5.46 Å². The summed E-state index contributed by atoms with van der Waals surface area (Å²) in [6.45, 7) is 8.40. The van der Waals surface area contributed by atoms with E-state index >= 15 is 0 Å². The van der Waals surface area contributed by atoms with Crippen molar-refractivity contribution < 1.29 is 9.31 Å². The molecule has 164 valence electrons. The van der Waals surface area contributed by atoms with E-state index in [4.69, 9.17) is 9.31 Å². The molecular weight excluding hydrogens is 403 g/mol. The molecule has 4 aromatic carbocycles. The van der Waals surface area contributed by atoms with Crippen molar-refractivity contribution in [2.75, 3.05) is 0 Å². The van der Waals surface area contributed by atoms with Crippen molar-refractivity contribution in [1.29, 1.82) is 0 Å². The van der Waals surface area contributed by atoms with Gasteiger partial charge in [-0.1, -0.05) is 103 Å². The minimum absolute atomic E-state index is 0.399. The minimum atomic E-state index is -0.436. The second-order valence-electron chi connectivity index (χ2n) is 9.64. The van der Waals surface area contributed by atoms with Crippen molar-refractivity contribution >= 4 is 12.6 Å².